The molecule has 1 N–H and O–H groups in total. The second-order valence-corrected chi connectivity index (χ2v) is 6.90. The molecular weight excluding hydrogens is 240 g/mol. The molecule has 0 saturated heterocycles. The minimum absolute atomic E-state index is 0.103. The quantitative estimate of drug-likeness (QED) is 0.627. The summed E-state index contributed by atoms with van der Waals surface area (Å²) < 4.78 is 5.92. The highest BCUT2D eigenvalue weighted by atomic mass is 16.6. The zero-order chi connectivity index (χ0) is 13.6. The third-order valence-corrected chi connectivity index (χ3v) is 5.65. The van der Waals surface area contributed by atoms with Crippen molar-refractivity contribution in [2.75, 3.05) is 6.61 Å². The second kappa shape index (κ2) is 4.62. The second-order valence-electron chi connectivity index (χ2n) is 6.90. The van der Waals surface area contributed by atoms with Gasteiger partial charge in [0.25, 0.3) is 0 Å². The molecule has 0 aromatic heterocycles. The number of aliphatic hydroxyl groups is 1. The highest BCUT2D eigenvalue weighted by molar-refractivity contribution is 5.87. The molecule has 0 amide bonds. The Balaban J connectivity index is 1.87. The molecule has 4 fully saturated rings. The third kappa shape index (κ3) is 2.03. The molecule has 0 aromatic carbocycles. The van der Waals surface area contributed by atoms with E-state index in [1.165, 1.54) is 32.1 Å². The molecule has 0 unspecified atom stereocenters. The molecule has 106 valence electrons. The number of esters is 1. The van der Waals surface area contributed by atoms with Gasteiger partial charge in [0.2, 0.25) is 0 Å². The van der Waals surface area contributed by atoms with Crippen molar-refractivity contribution in [2.45, 2.75) is 51.0 Å². The summed E-state index contributed by atoms with van der Waals surface area (Å²) in [6.45, 7) is 5.49. The van der Waals surface area contributed by atoms with Crippen LogP contribution in [0.1, 0.15) is 45.4 Å². The molecular formula is C16H24O3. The van der Waals surface area contributed by atoms with Crippen molar-refractivity contribution in [2.24, 2.45) is 23.7 Å². The summed E-state index contributed by atoms with van der Waals surface area (Å²) in [5.74, 6) is 2.30. The highest BCUT2D eigenvalue weighted by Crippen LogP contribution is 2.60. The number of carbonyl (C=O) groups excluding carboxylic acids is 1. The lowest BCUT2D eigenvalue weighted by Gasteiger charge is -2.60. The van der Waals surface area contributed by atoms with E-state index in [9.17, 15) is 9.90 Å². The van der Waals surface area contributed by atoms with Gasteiger partial charge >= 0.3 is 5.97 Å². The van der Waals surface area contributed by atoms with E-state index >= 15 is 0 Å². The predicted octanol–water partition coefficient (Wildman–Crippen LogP) is 2.68. The van der Waals surface area contributed by atoms with Gasteiger partial charge in [0.15, 0.2) is 0 Å². The van der Waals surface area contributed by atoms with Crippen molar-refractivity contribution in [3.05, 3.63) is 12.2 Å². The van der Waals surface area contributed by atoms with Gasteiger partial charge in [0.05, 0.1) is 0 Å². The van der Waals surface area contributed by atoms with Gasteiger partial charge in [-0.25, -0.2) is 4.79 Å². The molecule has 3 nitrogen and oxygen atoms in total. The molecule has 0 atom stereocenters. The maximum atomic E-state index is 12.0. The first-order valence-electron chi connectivity index (χ1n) is 7.55. The lowest BCUT2D eigenvalue weighted by atomic mass is 9.49. The van der Waals surface area contributed by atoms with Crippen molar-refractivity contribution in [3.8, 4) is 0 Å². The van der Waals surface area contributed by atoms with Crippen LogP contribution in [0.25, 0.3) is 0 Å². The maximum Gasteiger partial charge on any atom is 0.333 e. The Morgan fingerprint density at radius 3 is 2.16 bits per heavy atom. The fourth-order valence-electron chi connectivity index (χ4n) is 5.04. The third-order valence-electron chi connectivity index (χ3n) is 5.65. The van der Waals surface area contributed by atoms with E-state index in [0.29, 0.717) is 23.8 Å². The summed E-state index contributed by atoms with van der Waals surface area (Å²) in [5.41, 5.74) is 0.0594. The molecule has 4 bridgehead atoms. The van der Waals surface area contributed by atoms with E-state index in [1.807, 2.05) is 0 Å². The average Bonchev–Trinajstić information content (AvgIpc) is 2.34. The fourth-order valence-corrected chi connectivity index (χ4v) is 5.04. The molecule has 4 aliphatic rings. The molecule has 0 aromatic rings. The van der Waals surface area contributed by atoms with Crippen LogP contribution >= 0.6 is 0 Å². The van der Waals surface area contributed by atoms with Crippen LogP contribution in [-0.2, 0) is 9.53 Å². The minimum Gasteiger partial charge on any atom is -0.455 e. The predicted molar refractivity (Wildman–Crippen MR) is 72.4 cm³/mol. The Labute approximate surface area is 115 Å². The van der Waals surface area contributed by atoms with Crippen LogP contribution < -0.4 is 0 Å². The molecule has 0 spiro atoms. The van der Waals surface area contributed by atoms with Crippen molar-refractivity contribution < 1.29 is 14.6 Å². The smallest absolute Gasteiger partial charge is 0.333 e. The van der Waals surface area contributed by atoms with Gasteiger partial charge in [-0.1, -0.05) is 6.58 Å². The molecule has 0 heterocycles. The van der Waals surface area contributed by atoms with Gasteiger partial charge in [-0.2, -0.15) is 0 Å². The number of hydrogen-bond acceptors (Lipinski definition) is 3. The summed E-state index contributed by atoms with van der Waals surface area (Å²) in [6.07, 6.45) is 6.68. The summed E-state index contributed by atoms with van der Waals surface area (Å²) in [6, 6.07) is 0. The van der Waals surface area contributed by atoms with Gasteiger partial charge in [0, 0.05) is 18.6 Å². The number of hydrogen-bond donors (Lipinski definition) is 1. The normalized spacial score (nSPS) is 43.3. The van der Waals surface area contributed by atoms with Gasteiger partial charge in [-0.15, -0.1) is 0 Å². The van der Waals surface area contributed by atoms with Crippen LogP contribution in [-0.4, -0.2) is 23.3 Å². The Morgan fingerprint density at radius 2 is 1.74 bits per heavy atom. The first-order chi connectivity index (χ1) is 9.05. The number of ether oxygens (including phenoxy) is 1. The zero-order valence-corrected chi connectivity index (χ0v) is 11.7. The van der Waals surface area contributed by atoms with Gasteiger partial charge < -0.3 is 9.84 Å². The standard InChI is InChI=1S/C16H24O3/c1-10(2)15(18)19-16(3-4-17)13-6-11-5-12(8-13)9-14(16)7-11/h11-14,17H,1,3-9H2,2H3. The SMILES string of the molecule is C=C(C)C(=O)OC1(CCO)C2CC3CC(C2)CC1C3. The number of carbonyl (C=O) groups is 1. The van der Waals surface area contributed by atoms with E-state index in [4.69, 9.17) is 4.74 Å². The summed E-state index contributed by atoms with van der Waals surface area (Å²) >= 11 is 0. The van der Waals surface area contributed by atoms with Crippen LogP contribution in [0.2, 0.25) is 0 Å². The van der Waals surface area contributed by atoms with Crippen LogP contribution in [0, 0.1) is 23.7 Å². The summed E-state index contributed by atoms with van der Waals surface area (Å²) in [5, 5.41) is 9.45. The number of aliphatic hydroxyl groups excluding tert-OH is 1. The topological polar surface area (TPSA) is 46.5 Å². The first-order valence-corrected chi connectivity index (χ1v) is 7.55. The Hall–Kier alpha value is -0.830. The van der Waals surface area contributed by atoms with Crippen LogP contribution in [0.5, 0.6) is 0 Å². The molecule has 4 aliphatic carbocycles. The Bertz CT molecular complexity index is 371. The minimum atomic E-state index is -0.405. The average molecular weight is 264 g/mol. The molecule has 19 heavy (non-hydrogen) atoms. The van der Waals surface area contributed by atoms with Gasteiger partial charge in [0.1, 0.15) is 5.60 Å². The van der Waals surface area contributed by atoms with Crippen molar-refractivity contribution in [1.29, 1.82) is 0 Å². The molecule has 3 heteroatoms. The van der Waals surface area contributed by atoms with Crippen LogP contribution in [0.3, 0.4) is 0 Å². The first kappa shape index (κ1) is 13.2. The van der Waals surface area contributed by atoms with E-state index in [1.54, 1.807) is 6.92 Å². The van der Waals surface area contributed by atoms with E-state index in [-0.39, 0.29) is 12.6 Å². The zero-order valence-electron chi connectivity index (χ0n) is 11.7. The van der Waals surface area contributed by atoms with Crippen LogP contribution in [0.4, 0.5) is 0 Å². The highest BCUT2D eigenvalue weighted by Gasteiger charge is 2.59. The fraction of sp³-hybridized carbons (Fsp3) is 0.812. The summed E-state index contributed by atoms with van der Waals surface area (Å²) in [4.78, 5) is 12.0. The van der Waals surface area contributed by atoms with E-state index < -0.39 is 5.60 Å². The Kier molecular flexibility index (Phi) is 3.20. The molecule has 4 saturated carbocycles. The Morgan fingerprint density at radius 1 is 1.21 bits per heavy atom. The lowest BCUT2D eigenvalue weighted by molar-refractivity contribution is -0.210. The van der Waals surface area contributed by atoms with Crippen molar-refractivity contribution in [1.82, 2.24) is 0 Å². The van der Waals surface area contributed by atoms with Crippen molar-refractivity contribution >= 4 is 5.97 Å². The summed E-state index contributed by atoms with van der Waals surface area (Å²) in [7, 11) is 0. The van der Waals surface area contributed by atoms with E-state index in [2.05, 4.69) is 6.58 Å². The van der Waals surface area contributed by atoms with E-state index in [0.717, 1.165) is 11.8 Å². The van der Waals surface area contributed by atoms with Gasteiger partial charge in [-0.05, 0) is 62.7 Å². The molecule has 0 aliphatic heterocycles. The van der Waals surface area contributed by atoms with Crippen molar-refractivity contribution in [3.63, 3.8) is 0 Å². The lowest BCUT2D eigenvalue weighted by Crippen LogP contribution is -2.60. The molecule has 0 radical (unpaired) electrons. The monoisotopic (exact) mass is 264 g/mol. The molecule has 4 rings (SSSR count). The van der Waals surface area contributed by atoms with Crippen LogP contribution in [0.15, 0.2) is 12.2 Å². The number of rotatable bonds is 4. The maximum absolute atomic E-state index is 12.0. The largest absolute Gasteiger partial charge is 0.455 e. The van der Waals surface area contributed by atoms with Gasteiger partial charge in [-0.3, -0.25) is 0 Å².